The van der Waals surface area contributed by atoms with Crippen LogP contribution in [0.15, 0.2) is 66.1 Å². The molecule has 1 aromatic carbocycles. The topological polar surface area (TPSA) is 98.8 Å². The quantitative estimate of drug-likeness (QED) is 0.833. The molecular formula is C21H22N4O3. The molecule has 3 rings (SSSR count). The number of methoxy groups -OCH3 is 2. The molecule has 3 N–H and O–H groups in total. The molecule has 1 unspecified atom stereocenters. The number of carbonyl (C=O) groups is 1. The average molecular weight is 378 g/mol. The molecule has 2 aromatic rings. The first-order chi connectivity index (χ1) is 13.5. The Bertz CT molecular complexity index is 951. The Morgan fingerprint density at radius 2 is 2.11 bits per heavy atom. The van der Waals surface area contributed by atoms with Gasteiger partial charge in [-0.25, -0.2) is 4.99 Å². The number of anilines is 1. The average Bonchev–Trinajstić information content (AvgIpc) is 2.87. The fourth-order valence-corrected chi connectivity index (χ4v) is 2.94. The highest BCUT2D eigenvalue weighted by molar-refractivity contribution is 6.09. The number of ether oxygens (including phenoxy) is 2. The predicted molar refractivity (Wildman–Crippen MR) is 109 cm³/mol. The van der Waals surface area contributed by atoms with Crippen molar-refractivity contribution in [1.82, 2.24) is 4.98 Å². The number of aromatic nitrogens is 1. The van der Waals surface area contributed by atoms with Gasteiger partial charge in [0.2, 0.25) is 5.91 Å². The molecule has 2 heterocycles. The van der Waals surface area contributed by atoms with E-state index in [0.29, 0.717) is 23.6 Å². The van der Waals surface area contributed by atoms with Crippen molar-refractivity contribution in [1.29, 1.82) is 0 Å². The van der Waals surface area contributed by atoms with Crippen molar-refractivity contribution in [3.63, 3.8) is 0 Å². The number of benzene rings is 1. The first-order valence-corrected chi connectivity index (χ1v) is 8.68. The second kappa shape index (κ2) is 8.39. The molecule has 0 aliphatic carbocycles. The Morgan fingerprint density at radius 1 is 1.29 bits per heavy atom. The number of nitrogens with two attached hydrogens (primary N) is 1. The minimum Gasteiger partial charge on any atom is -0.497 e. The number of amides is 1. The van der Waals surface area contributed by atoms with Gasteiger partial charge in [0, 0.05) is 35.8 Å². The Kier molecular flexibility index (Phi) is 5.74. The summed E-state index contributed by atoms with van der Waals surface area (Å²) in [5.74, 6) is 0.387. The number of pyridine rings is 1. The highest BCUT2D eigenvalue weighted by atomic mass is 16.5. The fraction of sp³-hybridized carbons (Fsp3) is 0.190. The van der Waals surface area contributed by atoms with Crippen LogP contribution in [0.4, 0.5) is 5.69 Å². The highest BCUT2D eigenvalue weighted by Crippen LogP contribution is 2.32. The zero-order valence-corrected chi connectivity index (χ0v) is 15.8. The molecule has 0 spiro atoms. The van der Waals surface area contributed by atoms with Gasteiger partial charge in [-0.1, -0.05) is 12.6 Å². The van der Waals surface area contributed by atoms with Crippen molar-refractivity contribution >= 4 is 23.0 Å². The van der Waals surface area contributed by atoms with Crippen LogP contribution in [-0.4, -0.2) is 30.9 Å². The van der Waals surface area contributed by atoms with Gasteiger partial charge in [-0.15, -0.1) is 0 Å². The van der Waals surface area contributed by atoms with E-state index in [-0.39, 0.29) is 11.7 Å². The van der Waals surface area contributed by atoms with Gasteiger partial charge < -0.3 is 20.5 Å². The van der Waals surface area contributed by atoms with Crippen molar-refractivity contribution in [3.05, 3.63) is 66.6 Å². The van der Waals surface area contributed by atoms with Crippen LogP contribution in [-0.2, 0) is 4.79 Å². The third kappa shape index (κ3) is 4.03. The lowest BCUT2D eigenvalue weighted by Gasteiger charge is -2.18. The molecule has 1 aromatic heterocycles. The van der Waals surface area contributed by atoms with Crippen molar-refractivity contribution < 1.29 is 14.3 Å². The van der Waals surface area contributed by atoms with Crippen LogP contribution >= 0.6 is 0 Å². The molecule has 0 saturated heterocycles. The van der Waals surface area contributed by atoms with E-state index in [0.717, 1.165) is 16.7 Å². The van der Waals surface area contributed by atoms with Gasteiger partial charge in [0.15, 0.2) is 0 Å². The maximum absolute atomic E-state index is 12.9. The molecule has 1 aliphatic heterocycles. The molecule has 1 amide bonds. The van der Waals surface area contributed by atoms with Crippen LogP contribution in [0.1, 0.15) is 12.0 Å². The second-order valence-corrected chi connectivity index (χ2v) is 6.25. The van der Waals surface area contributed by atoms with E-state index in [2.05, 4.69) is 21.9 Å². The van der Waals surface area contributed by atoms with Crippen LogP contribution < -0.4 is 20.5 Å². The number of carbonyl (C=O) groups excluding carboxylic acids is 1. The Balaban J connectivity index is 1.82. The Hall–Kier alpha value is -3.61. The summed E-state index contributed by atoms with van der Waals surface area (Å²) >= 11 is 0. The molecule has 1 aliphatic rings. The number of hydrogen-bond donors (Lipinski definition) is 2. The summed E-state index contributed by atoms with van der Waals surface area (Å²) in [6.07, 6.45) is 5.39. The van der Waals surface area contributed by atoms with E-state index in [9.17, 15) is 4.79 Å². The van der Waals surface area contributed by atoms with Gasteiger partial charge >= 0.3 is 0 Å². The summed E-state index contributed by atoms with van der Waals surface area (Å²) in [4.78, 5) is 21.3. The Morgan fingerprint density at radius 3 is 2.79 bits per heavy atom. The van der Waals surface area contributed by atoms with Crippen molar-refractivity contribution in [2.24, 2.45) is 16.6 Å². The smallest absolute Gasteiger partial charge is 0.235 e. The standard InChI is InChI=1S/C21H22N4O3/c1-13-9-16(20(22)24-12-17(13)14-5-4-8-23-11-14)21(26)25-18-10-15(27-2)6-7-19(18)28-3/h4-8,10-12,16H,1,9H2,2-3H3,(H2,22,24)(H,25,26). The third-order valence-corrected chi connectivity index (χ3v) is 4.48. The van der Waals surface area contributed by atoms with E-state index in [1.165, 1.54) is 7.11 Å². The van der Waals surface area contributed by atoms with Crippen LogP contribution in [0.3, 0.4) is 0 Å². The molecule has 7 heteroatoms. The van der Waals surface area contributed by atoms with E-state index in [4.69, 9.17) is 15.2 Å². The first kappa shape index (κ1) is 19.2. The summed E-state index contributed by atoms with van der Waals surface area (Å²) in [6, 6.07) is 8.91. The van der Waals surface area contributed by atoms with Gasteiger partial charge in [-0.05, 0) is 30.2 Å². The molecule has 0 saturated carbocycles. The highest BCUT2D eigenvalue weighted by Gasteiger charge is 2.27. The maximum atomic E-state index is 12.9. The normalized spacial score (nSPS) is 16.5. The minimum atomic E-state index is -0.658. The number of nitrogens with zero attached hydrogens (tertiary/aromatic N) is 2. The summed E-state index contributed by atoms with van der Waals surface area (Å²) < 4.78 is 10.5. The number of rotatable bonds is 5. The van der Waals surface area contributed by atoms with Crippen molar-refractivity contribution in [2.75, 3.05) is 19.5 Å². The van der Waals surface area contributed by atoms with E-state index in [1.807, 2.05) is 12.1 Å². The number of nitrogens with one attached hydrogen (secondary N) is 1. The number of amidine groups is 1. The van der Waals surface area contributed by atoms with Gasteiger partial charge in [0.05, 0.1) is 25.8 Å². The van der Waals surface area contributed by atoms with Crippen LogP contribution in [0.25, 0.3) is 5.57 Å². The molecule has 0 radical (unpaired) electrons. The summed E-state index contributed by atoms with van der Waals surface area (Å²) in [5.41, 5.74) is 9.03. The molecular weight excluding hydrogens is 356 g/mol. The van der Waals surface area contributed by atoms with E-state index < -0.39 is 5.92 Å². The van der Waals surface area contributed by atoms with Crippen molar-refractivity contribution in [2.45, 2.75) is 6.42 Å². The molecule has 0 fully saturated rings. The van der Waals surface area contributed by atoms with E-state index in [1.54, 1.807) is 43.9 Å². The fourth-order valence-electron chi connectivity index (χ4n) is 2.94. The molecule has 1 atom stereocenters. The van der Waals surface area contributed by atoms with Crippen LogP contribution in [0, 0.1) is 5.92 Å². The zero-order valence-electron chi connectivity index (χ0n) is 15.8. The number of aliphatic imine (C=N–C) groups is 1. The molecule has 7 nitrogen and oxygen atoms in total. The van der Waals surface area contributed by atoms with Gasteiger partial charge in [0.25, 0.3) is 0 Å². The summed E-state index contributed by atoms with van der Waals surface area (Å²) in [6.45, 7) is 4.12. The van der Waals surface area contributed by atoms with Crippen LogP contribution in [0.2, 0.25) is 0 Å². The summed E-state index contributed by atoms with van der Waals surface area (Å²) in [5, 5.41) is 2.86. The minimum absolute atomic E-state index is 0.222. The second-order valence-electron chi connectivity index (χ2n) is 6.25. The zero-order chi connectivity index (χ0) is 20.1. The van der Waals surface area contributed by atoms with Crippen molar-refractivity contribution in [3.8, 4) is 11.5 Å². The monoisotopic (exact) mass is 378 g/mol. The lowest BCUT2D eigenvalue weighted by molar-refractivity contribution is -0.118. The van der Waals surface area contributed by atoms with Gasteiger partial charge in [-0.3, -0.25) is 9.78 Å². The largest absolute Gasteiger partial charge is 0.497 e. The molecule has 144 valence electrons. The molecule has 28 heavy (non-hydrogen) atoms. The third-order valence-electron chi connectivity index (χ3n) is 4.48. The lowest BCUT2D eigenvalue weighted by Crippen LogP contribution is -2.34. The number of allylic oxidation sites excluding steroid dienone is 2. The predicted octanol–water partition coefficient (Wildman–Crippen LogP) is 3.01. The SMILES string of the molecule is C=C1CC(C(=O)Nc2cc(OC)ccc2OC)C(N)=NC=C1c1cccnc1. The van der Waals surface area contributed by atoms with Gasteiger partial charge in [-0.2, -0.15) is 0 Å². The lowest BCUT2D eigenvalue weighted by atomic mass is 9.92. The first-order valence-electron chi connectivity index (χ1n) is 8.68. The Labute approximate surface area is 163 Å². The number of hydrogen-bond acceptors (Lipinski definition) is 6. The summed E-state index contributed by atoms with van der Waals surface area (Å²) in [7, 11) is 3.09. The van der Waals surface area contributed by atoms with E-state index >= 15 is 0 Å². The maximum Gasteiger partial charge on any atom is 0.235 e. The molecule has 0 bridgehead atoms. The van der Waals surface area contributed by atoms with Gasteiger partial charge in [0.1, 0.15) is 17.3 Å². The van der Waals surface area contributed by atoms with Crippen LogP contribution in [0.5, 0.6) is 11.5 Å².